The van der Waals surface area contributed by atoms with Gasteiger partial charge < -0.3 is 5.32 Å². The van der Waals surface area contributed by atoms with E-state index in [2.05, 4.69) is 32.1 Å². The van der Waals surface area contributed by atoms with Gasteiger partial charge in [0.15, 0.2) is 10.6 Å². The van der Waals surface area contributed by atoms with Crippen molar-refractivity contribution in [3.05, 3.63) is 10.3 Å². The Morgan fingerprint density at radius 3 is 2.52 bits per heavy atom. The Morgan fingerprint density at radius 2 is 1.85 bits per heavy atom. The number of hydrogen-bond donors (Lipinski definition) is 1. The molecule has 1 saturated heterocycles. The molecule has 5 nitrogen and oxygen atoms in total. The Bertz CT molecular complexity index is 796. The number of piperidine rings is 1. The van der Waals surface area contributed by atoms with Gasteiger partial charge in [-0.1, -0.05) is 18.3 Å². The minimum absolute atomic E-state index is 0.00776. The summed E-state index contributed by atoms with van der Waals surface area (Å²) in [6.45, 7) is 3.09. The molecule has 0 amide bonds. The maximum absolute atomic E-state index is 13.4. The second kappa shape index (κ2) is 7.72. The van der Waals surface area contributed by atoms with Gasteiger partial charge in [0.25, 0.3) is 5.92 Å². The molecule has 1 saturated carbocycles. The molecule has 0 unspecified atom stereocenters. The molecule has 1 aliphatic carbocycles. The van der Waals surface area contributed by atoms with E-state index in [1.807, 2.05) is 0 Å². The Kier molecular flexibility index (Phi) is 5.49. The van der Waals surface area contributed by atoms with Crippen molar-refractivity contribution in [3.63, 3.8) is 0 Å². The highest BCUT2D eigenvalue weighted by atomic mass is 35.5. The first-order valence-electron chi connectivity index (χ1n) is 9.65. The molecule has 148 valence electrons. The zero-order valence-corrected chi connectivity index (χ0v) is 16.9. The van der Waals surface area contributed by atoms with E-state index < -0.39 is 5.92 Å². The number of thiazole rings is 1. The van der Waals surface area contributed by atoms with Gasteiger partial charge in [0, 0.05) is 38.0 Å². The molecule has 0 aromatic carbocycles. The van der Waals surface area contributed by atoms with Gasteiger partial charge in [-0.05, 0) is 43.7 Å². The molecule has 27 heavy (non-hydrogen) atoms. The molecule has 4 rings (SSSR count). The van der Waals surface area contributed by atoms with Crippen LogP contribution in [0.4, 0.5) is 14.6 Å². The van der Waals surface area contributed by atoms with Crippen LogP contribution in [0.1, 0.15) is 50.5 Å². The fourth-order valence-corrected chi connectivity index (χ4v) is 5.18. The van der Waals surface area contributed by atoms with Crippen molar-refractivity contribution in [1.29, 1.82) is 0 Å². The minimum atomic E-state index is -2.47. The average Bonchev–Trinajstić information content (AvgIpc) is 3.06. The summed E-state index contributed by atoms with van der Waals surface area (Å²) in [5, 5.41) is 4.77. The van der Waals surface area contributed by atoms with Crippen LogP contribution in [0.5, 0.6) is 0 Å². The van der Waals surface area contributed by atoms with Crippen molar-refractivity contribution in [1.82, 2.24) is 19.9 Å². The zero-order valence-electron chi connectivity index (χ0n) is 15.3. The number of alkyl halides is 2. The number of aromatic nitrogens is 3. The van der Waals surface area contributed by atoms with E-state index in [1.165, 1.54) is 0 Å². The summed E-state index contributed by atoms with van der Waals surface area (Å²) in [6, 6.07) is 0.715. The van der Waals surface area contributed by atoms with Crippen molar-refractivity contribution < 1.29 is 8.78 Å². The molecule has 0 radical (unpaired) electrons. The largest absolute Gasteiger partial charge is 0.365 e. The summed E-state index contributed by atoms with van der Waals surface area (Å²) in [7, 11) is 0. The lowest BCUT2D eigenvalue weighted by Crippen LogP contribution is -2.47. The average molecular weight is 416 g/mol. The van der Waals surface area contributed by atoms with Gasteiger partial charge in [0.2, 0.25) is 5.28 Å². The van der Waals surface area contributed by atoms with Crippen LogP contribution in [0.3, 0.4) is 0 Å². The fourth-order valence-electron chi connectivity index (χ4n) is 4.09. The minimum Gasteiger partial charge on any atom is -0.365 e. The van der Waals surface area contributed by atoms with E-state index >= 15 is 0 Å². The van der Waals surface area contributed by atoms with E-state index in [0.717, 1.165) is 47.5 Å². The lowest BCUT2D eigenvalue weighted by molar-refractivity contribution is -0.0657. The highest BCUT2D eigenvalue weighted by molar-refractivity contribution is 7.18. The summed E-state index contributed by atoms with van der Waals surface area (Å²) in [4.78, 5) is 16.3. The number of halogens is 3. The smallest absolute Gasteiger partial charge is 0.250 e. The van der Waals surface area contributed by atoms with Crippen LogP contribution in [0.2, 0.25) is 5.28 Å². The monoisotopic (exact) mass is 415 g/mol. The van der Waals surface area contributed by atoms with Gasteiger partial charge >= 0.3 is 0 Å². The summed E-state index contributed by atoms with van der Waals surface area (Å²) in [5.74, 6) is -1.76. The van der Waals surface area contributed by atoms with Crippen molar-refractivity contribution in [2.75, 3.05) is 18.4 Å². The molecule has 1 aliphatic heterocycles. The highest BCUT2D eigenvalue weighted by Crippen LogP contribution is 2.34. The Labute approximate surface area is 166 Å². The topological polar surface area (TPSA) is 53.9 Å². The molecule has 2 fully saturated rings. The maximum Gasteiger partial charge on any atom is 0.250 e. The number of aryl methyl sites for hydroxylation is 1. The molecular weight excluding hydrogens is 392 g/mol. The maximum atomic E-state index is 13.4. The fraction of sp³-hybridized carbons (Fsp3) is 0.722. The number of nitrogens with one attached hydrogen (secondary N) is 1. The van der Waals surface area contributed by atoms with Gasteiger partial charge in [-0.3, -0.25) is 4.90 Å². The molecule has 1 N–H and O–H groups in total. The normalized spacial score (nSPS) is 26.4. The number of rotatable bonds is 4. The van der Waals surface area contributed by atoms with Crippen LogP contribution in [-0.4, -0.2) is 50.9 Å². The first-order valence-corrected chi connectivity index (χ1v) is 10.8. The molecular formula is C18H24ClF2N5S. The number of hydrogen-bond acceptors (Lipinski definition) is 6. The molecule has 3 heterocycles. The number of nitrogens with zero attached hydrogens (tertiary/aromatic N) is 4. The molecule has 0 atom stereocenters. The van der Waals surface area contributed by atoms with Gasteiger partial charge in [0.1, 0.15) is 5.52 Å². The molecule has 9 heteroatoms. The lowest BCUT2D eigenvalue weighted by atomic mass is 9.89. The molecule has 2 aromatic heterocycles. The third kappa shape index (κ3) is 4.32. The Morgan fingerprint density at radius 1 is 1.15 bits per heavy atom. The number of anilines is 1. The summed E-state index contributed by atoms with van der Waals surface area (Å²) >= 11 is 7.64. The quantitative estimate of drug-likeness (QED) is 0.730. The first-order chi connectivity index (χ1) is 12.9. The predicted octanol–water partition coefficient (Wildman–Crippen LogP) is 4.76. The van der Waals surface area contributed by atoms with Crippen LogP contribution in [0.25, 0.3) is 10.3 Å². The Balaban J connectivity index is 1.38. The van der Waals surface area contributed by atoms with Crippen LogP contribution < -0.4 is 5.32 Å². The molecule has 0 bridgehead atoms. The van der Waals surface area contributed by atoms with E-state index in [0.29, 0.717) is 31.0 Å². The molecule has 0 spiro atoms. The van der Waals surface area contributed by atoms with Gasteiger partial charge in [0.05, 0.1) is 5.01 Å². The SMILES string of the molecule is CCc1nc2c(N[C@H]3CC[C@H](N4CCC(F)(F)CC4)CC3)nc(Cl)nc2s1. The predicted molar refractivity (Wildman–Crippen MR) is 105 cm³/mol. The molecule has 2 aliphatic rings. The van der Waals surface area contributed by atoms with Gasteiger partial charge in [-0.15, -0.1) is 0 Å². The second-order valence-corrected chi connectivity index (χ2v) is 8.90. The Hall–Kier alpha value is -1.12. The van der Waals surface area contributed by atoms with E-state index in [-0.39, 0.29) is 18.1 Å². The van der Waals surface area contributed by atoms with E-state index in [4.69, 9.17) is 11.6 Å². The zero-order chi connectivity index (χ0) is 19.0. The van der Waals surface area contributed by atoms with Gasteiger partial charge in [-0.25, -0.2) is 18.7 Å². The third-order valence-corrected chi connectivity index (χ3v) is 6.92. The lowest BCUT2D eigenvalue weighted by Gasteiger charge is -2.40. The van der Waals surface area contributed by atoms with Crippen molar-refractivity contribution in [3.8, 4) is 0 Å². The van der Waals surface area contributed by atoms with Crippen LogP contribution >= 0.6 is 22.9 Å². The van der Waals surface area contributed by atoms with Crippen molar-refractivity contribution in [2.24, 2.45) is 0 Å². The van der Waals surface area contributed by atoms with Crippen molar-refractivity contribution >= 4 is 39.1 Å². The number of likely N-dealkylation sites (tertiary alicyclic amines) is 1. The van der Waals surface area contributed by atoms with Crippen LogP contribution in [0, 0.1) is 0 Å². The standard InChI is InChI=1S/C18H24ClF2N5S/c1-2-13-23-14-15(24-17(19)25-16(14)27-13)22-11-3-5-12(6-4-11)26-9-7-18(20,21)8-10-26/h11-12H,2-10H2,1H3,(H,22,24,25)/t11-,12-. The first kappa shape index (κ1) is 19.2. The van der Waals surface area contributed by atoms with Gasteiger partial charge in [-0.2, -0.15) is 4.98 Å². The summed E-state index contributed by atoms with van der Waals surface area (Å²) in [6.07, 6.45) is 4.86. The number of fused-ring (bicyclic) bond motifs is 1. The summed E-state index contributed by atoms with van der Waals surface area (Å²) in [5.41, 5.74) is 0.793. The van der Waals surface area contributed by atoms with Crippen molar-refractivity contribution in [2.45, 2.75) is 69.9 Å². The third-order valence-electron chi connectivity index (χ3n) is 5.66. The van der Waals surface area contributed by atoms with E-state index in [9.17, 15) is 8.78 Å². The van der Waals surface area contributed by atoms with E-state index in [1.54, 1.807) is 11.3 Å². The second-order valence-electron chi connectivity index (χ2n) is 7.50. The highest BCUT2D eigenvalue weighted by Gasteiger charge is 2.37. The molecule has 2 aromatic rings. The van der Waals surface area contributed by atoms with Crippen LogP contribution in [-0.2, 0) is 6.42 Å². The summed E-state index contributed by atoms with van der Waals surface area (Å²) < 4.78 is 26.7. The van der Waals surface area contributed by atoms with Crippen LogP contribution in [0.15, 0.2) is 0 Å².